The van der Waals surface area contributed by atoms with Gasteiger partial charge in [0.05, 0.1) is 22.8 Å². The Kier molecular flexibility index (Phi) is 6.71. The second-order valence-corrected chi connectivity index (χ2v) is 13.7. The van der Waals surface area contributed by atoms with Gasteiger partial charge in [-0.2, -0.15) is 19.6 Å². The largest absolute Gasteiger partial charge is 0.297 e. The van der Waals surface area contributed by atoms with Gasteiger partial charge in [0.2, 0.25) is 0 Å². The molecule has 0 unspecified atom stereocenters. The lowest BCUT2D eigenvalue weighted by Crippen LogP contribution is -2.27. The highest BCUT2D eigenvalue weighted by molar-refractivity contribution is 5.98. The minimum atomic E-state index is -0.364. The Labute approximate surface area is 215 Å². The molecule has 0 aromatic carbocycles. The molecule has 0 aliphatic heterocycles. The van der Waals surface area contributed by atoms with Crippen molar-refractivity contribution in [3.63, 3.8) is 0 Å². The van der Waals surface area contributed by atoms with E-state index in [9.17, 15) is 9.59 Å². The van der Waals surface area contributed by atoms with Crippen LogP contribution in [0.3, 0.4) is 0 Å². The van der Waals surface area contributed by atoms with Gasteiger partial charge < -0.3 is 0 Å². The Hall–Kier alpha value is -3.09. The average molecular weight is 492 g/mol. The summed E-state index contributed by atoms with van der Waals surface area (Å²) in [7, 11) is 0. The molecule has 0 saturated heterocycles. The van der Waals surface area contributed by atoms with Crippen LogP contribution in [-0.4, -0.2) is 36.4 Å². The van der Waals surface area contributed by atoms with Crippen LogP contribution in [-0.2, 0) is 21.7 Å². The second kappa shape index (κ2) is 8.79. The lowest BCUT2D eigenvalue weighted by Gasteiger charge is -2.20. The zero-order valence-corrected chi connectivity index (χ0v) is 23.9. The van der Waals surface area contributed by atoms with Crippen LogP contribution in [0.4, 0.5) is 0 Å². The molecule has 7 heteroatoms. The number of carbonyl (C=O) groups is 2. The third-order valence-corrected chi connectivity index (χ3v) is 6.06. The van der Waals surface area contributed by atoms with Crippen molar-refractivity contribution in [3.05, 3.63) is 64.5 Å². The minimum Gasteiger partial charge on any atom is -0.265 e. The van der Waals surface area contributed by atoms with Gasteiger partial charge in [-0.1, -0.05) is 89.2 Å². The lowest BCUT2D eigenvalue weighted by atomic mass is 9.88. The van der Waals surface area contributed by atoms with Crippen LogP contribution in [0.5, 0.6) is 0 Å². The number of hydrogen-bond acceptors (Lipinski definition) is 5. The standard InChI is InChI=1S/C29H41N5O2/c1-26(2,3)20-16-22(28(7,8)9)33(31-20)24(35)18-14-13-15-19(30-18)25(36)34-23(29(10,11)12)17-21(32-34)27(4,5)6/h13-17H,1-12H3. The van der Waals surface area contributed by atoms with Crippen LogP contribution in [0.25, 0.3) is 0 Å². The first-order valence-electron chi connectivity index (χ1n) is 12.5. The summed E-state index contributed by atoms with van der Waals surface area (Å²) in [5.41, 5.74) is 2.53. The molecule has 36 heavy (non-hydrogen) atoms. The summed E-state index contributed by atoms with van der Waals surface area (Å²) >= 11 is 0. The Morgan fingerprint density at radius 3 is 1.19 bits per heavy atom. The van der Waals surface area contributed by atoms with Crippen LogP contribution >= 0.6 is 0 Å². The van der Waals surface area contributed by atoms with E-state index in [2.05, 4.69) is 56.7 Å². The molecular formula is C29H41N5O2. The monoisotopic (exact) mass is 491 g/mol. The molecule has 7 nitrogen and oxygen atoms in total. The zero-order valence-electron chi connectivity index (χ0n) is 23.9. The quantitative estimate of drug-likeness (QED) is 0.436. The molecule has 3 rings (SSSR count). The maximum atomic E-state index is 13.6. The molecule has 3 heterocycles. The summed E-state index contributed by atoms with van der Waals surface area (Å²) in [5, 5.41) is 9.32. The molecule has 0 amide bonds. The van der Waals surface area contributed by atoms with Gasteiger partial charge in [-0.3, -0.25) is 9.59 Å². The Morgan fingerprint density at radius 2 is 0.917 bits per heavy atom. The smallest absolute Gasteiger partial charge is 0.265 e. The Balaban J connectivity index is 2.09. The van der Waals surface area contributed by atoms with E-state index in [0.29, 0.717) is 0 Å². The first kappa shape index (κ1) is 27.5. The normalized spacial score (nSPS) is 13.2. The molecule has 0 atom stereocenters. The first-order valence-corrected chi connectivity index (χ1v) is 12.5. The second-order valence-electron chi connectivity index (χ2n) is 13.7. The van der Waals surface area contributed by atoms with Gasteiger partial charge in [-0.05, 0) is 24.3 Å². The fourth-order valence-electron chi connectivity index (χ4n) is 3.76. The van der Waals surface area contributed by atoms with Gasteiger partial charge >= 0.3 is 0 Å². The number of pyridine rings is 1. The Bertz CT molecular complexity index is 1200. The van der Waals surface area contributed by atoms with Gasteiger partial charge in [-0.15, -0.1) is 0 Å². The summed E-state index contributed by atoms with van der Waals surface area (Å²) in [6, 6.07) is 8.90. The molecule has 0 saturated carbocycles. The number of hydrogen-bond donors (Lipinski definition) is 0. The number of aromatic nitrogens is 5. The molecule has 0 aliphatic rings. The minimum absolute atomic E-state index is 0.162. The van der Waals surface area contributed by atoms with Crippen molar-refractivity contribution in [2.45, 2.75) is 105 Å². The van der Waals surface area contributed by atoms with E-state index in [1.165, 1.54) is 9.36 Å². The maximum absolute atomic E-state index is 13.6. The predicted octanol–water partition coefficient (Wildman–Crippen LogP) is 6.04. The summed E-state index contributed by atoms with van der Waals surface area (Å²) < 4.78 is 2.87. The topological polar surface area (TPSA) is 82.7 Å². The molecule has 0 aliphatic carbocycles. The zero-order chi connectivity index (χ0) is 27.4. The van der Waals surface area contributed by atoms with Crippen LogP contribution in [0.15, 0.2) is 30.3 Å². The highest BCUT2D eigenvalue weighted by atomic mass is 16.2. The fourth-order valence-corrected chi connectivity index (χ4v) is 3.76. The summed E-state index contributed by atoms with van der Waals surface area (Å²) in [6.07, 6.45) is 0. The number of nitrogens with zero attached hydrogens (tertiary/aromatic N) is 5. The number of rotatable bonds is 2. The van der Waals surface area contributed by atoms with E-state index >= 15 is 0 Å². The van der Waals surface area contributed by atoms with E-state index in [4.69, 9.17) is 0 Å². The first-order chi connectivity index (χ1) is 16.2. The van der Waals surface area contributed by atoms with Crippen molar-refractivity contribution in [1.82, 2.24) is 24.5 Å². The molecule has 0 bridgehead atoms. The van der Waals surface area contributed by atoms with Gasteiger partial charge in [0.25, 0.3) is 11.8 Å². The molecule has 0 radical (unpaired) electrons. The van der Waals surface area contributed by atoms with E-state index < -0.39 is 0 Å². The van der Waals surface area contributed by atoms with Crippen LogP contribution < -0.4 is 0 Å². The summed E-state index contributed by atoms with van der Waals surface area (Å²) in [5.74, 6) is -0.728. The SMILES string of the molecule is CC(C)(C)c1cc(C(C)(C)C)n(C(=O)c2cccc(C(=O)n3nc(C(C)(C)C)cc3C(C)(C)C)n2)n1. The fraction of sp³-hybridized carbons (Fsp3) is 0.552. The van der Waals surface area contributed by atoms with Crippen molar-refractivity contribution in [2.24, 2.45) is 0 Å². The molecule has 0 fully saturated rings. The third kappa shape index (κ3) is 5.50. The maximum Gasteiger partial charge on any atom is 0.297 e. The van der Waals surface area contributed by atoms with E-state index in [1.54, 1.807) is 18.2 Å². The van der Waals surface area contributed by atoms with Crippen LogP contribution in [0, 0.1) is 0 Å². The van der Waals surface area contributed by atoms with Crippen molar-refractivity contribution >= 4 is 11.8 Å². The van der Waals surface area contributed by atoms with Gasteiger partial charge in [0.15, 0.2) is 0 Å². The third-order valence-electron chi connectivity index (χ3n) is 6.06. The Morgan fingerprint density at radius 1 is 0.583 bits per heavy atom. The van der Waals surface area contributed by atoms with E-state index in [0.717, 1.165) is 22.8 Å². The highest BCUT2D eigenvalue weighted by Gasteiger charge is 2.31. The van der Waals surface area contributed by atoms with Crippen molar-refractivity contribution < 1.29 is 9.59 Å². The van der Waals surface area contributed by atoms with Crippen molar-refractivity contribution in [2.75, 3.05) is 0 Å². The average Bonchev–Trinajstić information content (AvgIpc) is 3.37. The summed E-state index contributed by atoms with van der Waals surface area (Å²) in [6.45, 7) is 24.7. The van der Waals surface area contributed by atoms with Crippen molar-refractivity contribution in [1.29, 1.82) is 0 Å². The van der Waals surface area contributed by atoms with Gasteiger partial charge in [0.1, 0.15) is 11.4 Å². The summed E-state index contributed by atoms with van der Waals surface area (Å²) in [4.78, 5) is 31.8. The highest BCUT2D eigenvalue weighted by Crippen LogP contribution is 2.30. The van der Waals surface area contributed by atoms with Gasteiger partial charge in [-0.25, -0.2) is 4.98 Å². The molecule has 194 valence electrons. The number of carbonyl (C=O) groups excluding carboxylic acids is 2. The molecule has 3 aromatic rings. The van der Waals surface area contributed by atoms with Crippen LogP contribution in [0.2, 0.25) is 0 Å². The lowest BCUT2D eigenvalue weighted by molar-refractivity contribution is 0.0926. The molecule has 3 aromatic heterocycles. The van der Waals surface area contributed by atoms with Crippen molar-refractivity contribution in [3.8, 4) is 0 Å². The van der Waals surface area contributed by atoms with E-state index in [1.807, 2.05) is 53.7 Å². The molecule has 0 spiro atoms. The molecule has 0 N–H and O–H groups in total. The predicted molar refractivity (Wildman–Crippen MR) is 143 cm³/mol. The molecular weight excluding hydrogens is 450 g/mol. The van der Waals surface area contributed by atoms with Gasteiger partial charge in [0, 0.05) is 21.7 Å². The van der Waals surface area contributed by atoms with E-state index in [-0.39, 0.29) is 44.9 Å². The van der Waals surface area contributed by atoms with Crippen LogP contribution in [0.1, 0.15) is 127 Å².